The monoisotopic (exact) mass is 503 g/mol. The molecule has 1 aliphatic rings. The highest BCUT2D eigenvalue weighted by atomic mass is 16.5. The number of anilines is 1. The second-order valence-electron chi connectivity index (χ2n) is 8.29. The van der Waals surface area contributed by atoms with Crippen molar-refractivity contribution < 1.29 is 32.9 Å². The van der Waals surface area contributed by atoms with Gasteiger partial charge in [0, 0.05) is 11.3 Å². The lowest BCUT2D eigenvalue weighted by Gasteiger charge is -2.22. The maximum Gasteiger partial charge on any atom is 0.344 e. The van der Waals surface area contributed by atoms with E-state index in [0.29, 0.717) is 51.0 Å². The summed E-state index contributed by atoms with van der Waals surface area (Å²) in [5, 5.41) is 3.46. The minimum Gasteiger partial charge on any atom is -0.497 e. The van der Waals surface area contributed by atoms with E-state index >= 15 is 0 Å². The first kappa shape index (κ1) is 24.1. The Labute approximate surface area is 212 Å². The van der Waals surface area contributed by atoms with Crippen molar-refractivity contribution in [1.82, 2.24) is 0 Å². The van der Waals surface area contributed by atoms with Gasteiger partial charge in [-0.2, -0.15) is 0 Å². The summed E-state index contributed by atoms with van der Waals surface area (Å²) in [6.45, 7) is 0. The number of nitrogens with one attached hydrogen (secondary N) is 1. The molecule has 9 nitrogen and oxygen atoms in total. The van der Waals surface area contributed by atoms with E-state index in [1.807, 2.05) is 6.07 Å². The number of carbonyl (C=O) groups excluding carboxylic acids is 1. The lowest BCUT2D eigenvalue weighted by Crippen LogP contribution is -2.35. The molecule has 2 heterocycles. The number of ether oxygens (including phenoxy) is 5. The molecule has 3 aromatic carbocycles. The summed E-state index contributed by atoms with van der Waals surface area (Å²) in [6, 6.07) is 17.3. The van der Waals surface area contributed by atoms with Crippen LogP contribution < -0.4 is 34.6 Å². The molecule has 0 saturated heterocycles. The van der Waals surface area contributed by atoms with Crippen molar-refractivity contribution in [2.24, 2.45) is 0 Å². The number of amides is 1. The van der Waals surface area contributed by atoms with Crippen LogP contribution in [0, 0.1) is 0 Å². The first-order chi connectivity index (χ1) is 18.0. The molecule has 9 heteroatoms. The Bertz CT molecular complexity index is 1530. The number of fused-ring (bicyclic) bond motifs is 3. The van der Waals surface area contributed by atoms with Crippen molar-refractivity contribution in [3.05, 3.63) is 82.2 Å². The van der Waals surface area contributed by atoms with Crippen LogP contribution in [0.3, 0.4) is 0 Å². The molecule has 0 spiro atoms. The summed E-state index contributed by atoms with van der Waals surface area (Å²) in [6.07, 6.45) is -1.11. The van der Waals surface area contributed by atoms with Crippen LogP contribution in [0.2, 0.25) is 0 Å². The fourth-order valence-electron chi connectivity index (χ4n) is 4.66. The molecule has 190 valence electrons. The van der Waals surface area contributed by atoms with Crippen LogP contribution >= 0.6 is 0 Å². The Morgan fingerprint density at radius 1 is 0.838 bits per heavy atom. The summed E-state index contributed by atoms with van der Waals surface area (Å²) in [7, 11) is 6.04. The van der Waals surface area contributed by atoms with Crippen LogP contribution in [-0.4, -0.2) is 40.5 Å². The summed E-state index contributed by atoms with van der Waals surface area (Å²) in [5.74, 6) is 0.721. The Hall–Kier alpha value is -4.66. The average Bonchev–Trinajstić information content (AvgIpc) is 3.34. The van der Waals surface area contributed by atoms with Crippen molar-refractivity contribution >= 4 is 22.6 Å². The number of methoxy groups -OCH3 is 4. The Morgan fingerprint density at radius 2 is 1.57 bits per heavy atom. The molecule has 5 rings (SSSR count). The Kier molecular flexibility index (Phi) is 6.35. The van der Waals surface area contributed by atoms with Gasteiger partial charge in [-0.1, -0.05) is 18.2 Å². The van der Waals surface area contributed by atoms with Crippen LogP contribution in [0.15, 0.2) is 69.9 Å². The largest absolute Gasteiger partial charge is 0.497 e. The van der Waals surface area contributed by atoms with Gasteiger partial charge in [0.25, 0.3) is 5.91 Å². The summed E-state index contributed by atoms with van der Waals surface area (Å²) in [5.41, 5.74) is 1.03. The molecule has 0 radical (unpaired) electrons. The second-order valence-corrected chi connectivity index (χ2v) is 8.29. The van der Waals surface area contributed by atoms with E-state index in [-0.39, 0.29) is 5.56 Å². The van der Waals surface area contributed by atoms with Gasteiger partial charge in [-0.3, -0.25) is 4.79 Å². The van der Waals surface area contributed by atoms with Crippen molar-refractivity contribution in [3.8, 4) is 28.7 Å². The number of carbonyl (C=O) groups is 1. The normalized spacial score (nSPS) is 16.0. The van der Waals surface area contributed by atoms with Crippen LogP contribution in [0.4, 0.5) is 5.69 Å². The highest BCUT2D eigenvalue weighted by Crippen LogP contribution is 2.50. The molecule has 0 aliphatic carbocycles. The Morgan fingerprint density at radius 3 is 2.24 bits per heavy atom. The molecule has 2 atom stereocenters. The highest BCUT2D eigenvalue weighted by Gasteiger charge is 2.46. The van der Waals surface area contributed by atoms with Crippen LogP contribution in [0.5, 0.6) is 28.7 Å². The maximum absolute atomic E-state index is 13.6. The molecule has 0 bridgehead atoms. The van der Waals surface area contributed by atoms with E-state index < -0.39 is 23.6 Å². The third-order valence-electron chi connectivity index (χ3n) is 6.34. The minimum atomic E-state index is -1.11. The minimum absolute atomic E-state index is 0.221. The maximum atomic E-state index is 13.6. The fraction of sp³-hybridized carbons (Fsp3) is 0.214. The zero-order valence-corrected chi connectivity index (χ0v) is 20.7. The van der Waals surface area contributed by atoms with Crippen LogP contribution in [-0.2, 0) is 4.79 Å². The molecule has 0 saturated carbocycles. The Balaban J connectivity index is 1.68. The predicted molar refractivity (Wildman–Crippen MR) is 136 cm³/mol. The van der Waals surface area contributed by atoms with E-state index in [1.54, 1.807) is 61.7 Å². The topological polar surface area (TPSA) is 105 Å². The smallest absolute Gasteiger partial charge is 0.344 e. The number of rotatable bonds is 7. The van der Waals surface area contributed by atoms with Crippen molar-refractivity contribution in [2.45, 2.75) is 12.0 Å². The van der Waals surface area contributed by atoms with Gasteiger partial charge in [-0.15, -0.1) is 0 Å². The quantitative estimate of drug-likeness (QED) is 0.371. The third kappa shape index (κ3) is 4.08. The van der Waals surface area contributed by atoms with Gasteiger partial charge in [-0.05, 0) is 42.5 Å². The van der Waals surface area contributed by atoms with Gasteiger partial charge in [0.1, 0.15) is 17.1 Å². The lowest BCUT2D eigenvalue weighted by atomic mass is 9.87. The molecule has 4 aromatic rings. The molecule has 1 N–H and O–H groups in total. The molecule has 1 aromatic heterocycles. The van der Waals surface area contributed by atoms with Crippen molar-refractivity contribution in [2.75, 3.05) is 33.8 Å². The number of para-hydroxylation sites is 1. The molecule has 0 fully saturated rings. The fourth-order valence-corrected chi connectivity index (χ4v) is 4.66. The van der Waals surface area contributed by atoms with Gasteiger partial charge >= 0.3 is 5.63 Å². The molecule has 37 heavy (non-hydrogen) atoms. The average molecular weight is 504 g/mol. The van der Waals surface area contributed by atoms with Crippen LogP contribution in [0.1, 0.15) is 17.0 Å². The summed E-state index contributed by atoms with van der Waals surface area (Å²) in [4.78, 5) is 26.9. The summed E-state index contributed by atoms with van der Waals surface area (Å²) >= 11 is 0. The first-order valence-corrected chi connectivity index (χ1v) is 11.5. The van der Waals surface area contributed by atoms with Gasteiger partial charge in [0.2, 0.25) is 5.75 Å². The number of hydrogen-bond donors (Lipinski definition) is 1. The lowest BCUT2D eigenvalue weighted by molar-refractivity contribution is -0.122. The SMILES string of the molecule is COc1ccc(NC(=O)[C@@H]2Oc3c(c(=O)oc4ccccc34)[C@H]2c2ccc(OC)c(OC)c2OC)cc1. The first-order valence-electron chi connectivity index (χ1n) is 11.5. The van der Waals surface area contributed by atoms with Gasteiger partial charge in [0.05, 0.1) is 45.3 Å². The van der Waals surface area contributed by atoms with Crippen molar-refractivity contribution in [1.29, 1.82) is 0 Å². The van der Waals surface area contributed by atoms with Crippen molar-refractivity contribution in [3.63, 3.8) is 0 Å². The predicted octanol–water partition coefficient (Wildman–Crippen LogP) is 4.36. The highest BCUT2D eigenvalue weighted by molar-refractivity contribution is 5.98. The van der Waals surface area contributed by atoms with E-state index in [0.717, 1.165) is 0 Å². The van der Waals surface area contributed by atoms with E-state index in [4.69, 9.17) is 28.1 Å². The van der Waals surface area contributed by atoms with E-state index in [1.165, 1.54) is 21.3 Å². The zero-order valence-electron chi connectivity index (χ0n) is 20.7. The molecule has 1 aliphatic heterocycles. The molecule has 1 amide bonds. The molecule has 0 unspecified atom stereocenters. The van der Waals surface area contributed by atoms with Gasteiger partial charge in [-0.25, -0.2) is 4.79 Å². The van der Waals surface area contributed by atoms with Crippen LogP contribution in [0.25, 0.3) is 11.0 Å². The standard InChI is InChI=1S/C28H25NO8/c1-32-16-11-9-15(10-12-16)29-27(30)26-21(18-13-14-20(33-2)25(35-4)24(18)34-3)22-23(37-26)17-7-5-6-8-19(17)36-28(22)31/h5-14,21,26H,1-4H3,(H,29,30)/t21-,26-/m1/s1. The summed E-state index contributed by atoms with van der Waals surface area (Å²) < 4.78 is 33.7. The molecular weight excluding hydrogens is 478 g/mol. The van der Waals surface area contributed by atoms with E-state index in [2.05, 4.69) is 5.32 Å². The van der Waals surface area contributed by atoms with Gasteiger partial charge in [0.15, 0.2) is 17.6 Å². The number of hydrogen-bond acceptors (Lipinski definition) is 8. The number of benzene rings is 3. The molecular formula is C28H25NO8. The van der Waals surface area contributed by atoms with E-state index in [9.17, 15) is 9.59 Å². The zero-order chi connectivity index (χ0) is 26.1. The third-order valence-corrected chi connectivity index (χ3v) is 6.34. The van der Waals surface area contributed by atoms with Gasteiger partial charge < -0.3 is 33.4 Å². The second kappa shape index (κ2) is 9.77.